The lowest BCUT2D eigenvalue weighted by atomic mass is 9.86. The number of hydrogen-bond acceptors (Lipinski definition) is 2. The van der Waals surface area contributed by atoms with Crippen molar-refractivity contribution in [2.75, 3.05) is 7.05 Å². The number of carbonyl (C=O) groups excluding carboxylic acids is 1. The van der Waals surface area contributed by atoms with Crippen molar-refractivity contribution < 1.29 is 4.79 Å². The molecule has 1 unspecified atom stereocenters. The zero-order valence-corrected chi connectivity index (χ0v) is 9.00. The van der Waals surface area contributed by atoms with Crippen LogP contribution in [0.3, 0.4) is 0 Å². The van der Waals surface area contributed by atoms with Gasteiger partial charge in [0.25, 0.3) is 0 Å². The van der Waals surface area contributed by atoms with Crippen LogP contribution in [0.4, 0.5) is 0 Å². The van der Waals surface area contributed by atoms with Gasteiger partial charge in [-0.15, -0.1) is 0 Å². The Bertz CT molecular complexity index is 203. The number of nitrogens with two attached hydrogens (primary N) is 1. The lowest BCUT2D eigenvalue weighted by Gasteiger charge is -2.29. The van der Waals surface area contributed by atoms with E-state index in [0.29, 0.717) is 6.04 Å². The van der Waals surface area contributed by atoms with E-state index in [1.165, 1.54) is 0 Å². The minimum atomic E-state index is -0.377. The summed E-state index contributed by atoms with van der Waals surface area (Å²) < 4.78 is 0. The van der Waals surface area contributed by atoms with E-state index in [-0.39, 0.29) is 17.4 Å². The largest absolute Gasteiger partial charge is 0.341 e. The summed E-state index contributed by atoms with van der Waals surface area (Å²) in [7, 11) is 1.85. The Labute approximate surface area is 80.3 Å². The molecule has 0 saturated heterocycles. The summed E-state index contributed by atoms with van der Waals surface area (Å²) in [6, 6.07) is 0.0824. The standard InChI is InChI=1S/C10H20N2O/c1-10(2,3)8(11)9(13)12(4)7-5-6-7/h7-8H,5-6,11H2,1-4H3. The lowest BCUT2D eigenvalue weighted by Crippen LogP contribution is -2.49. The lowest BCUT2D eigenvalue weighted by molar-refractivity contribution is -0.134. The van der Waals surface area contributed by atoms with Gasteiger partial charge in [-0.2, -0.15) is 0 Å². The topological polar surface area (TPSA) is 46.3 Å². The number of rotatable bonds is 2. The molecular weight excluding hydrogens is 164 g/mol. The molecule has 1 saturated carbocycles. The molecule has 76 valence electrons. The van der Waals surface area contributed by atoms with Crippen LogP contribution in [0.25, 0.3) is 0 Å². The first kappa shape index (κ1) is 10.5. The van der Waals surface area contributed by atoms with Crippen molar-refractivity contribution in [3.05, 3.63) is 0 Å². The molecule has 1 rings (SSSR count). The number of hydrogen-bond donors (Lipinski definition) is 1. The number of nitrogens with zero attached hydrogens (tertiary/aromatic N) is 1. The van der Waals surface area contributed by atoms with Crippen molar-refractivity contribution in [3.8, 4) is 0 Å². The monoisotopic (exact) mass is 184 g/mol. The van der Waals surface area contributed by atoms with Gasteiger partial charge in [0.15, 0.2) is 0 Å². The second-order valence-electron chi connectivity index (χ2n) is 5.02. The Morgan fingerprint density at radius 3 is 2.23 bits per heavy atom. The summed E-state index contributed by atoms with van der Waals surface area (Å²) >= 11 is 0. The first-order valence-electron chi connectivity index (χ1n) is 4.86. The summed E-state index contributed by atoms with van der Waals surface area (Å²) in [5.74, 6) is 0.0787. The predicted octanol–water partition coefficient (Wildman–Crippen LogP) is 0.981. The molecule has 0 radical (unpaired) electrons. The molecule has 3 heteroatoms. The van der Waals surface area contributed by atoms with Crippen LogP contribution in [0.5, 0.6) is 0 Å². The van der Waals surface area contributed by atoms with Gasteiger partial charge in [-0.3, -0.25) is 4.79 Å². The molecule has 0 spiro atoms. The SMILES string of the molecule is CN(C(=O)C(N)C(C)(C)C)C1CC1. The van der Waals surface area contributed by atoms with Crippen molar-refractivity contribution >= 4 is 5.91 Å². The normalized spacial score (nSPS) is 19.8. The average molecular weight is 184 g/mol. The predicted molar refractivity (Wildman–Crippen MR) is 53.2 cm³/mol. The van der Waals surface area contributed by atoms with Crippen molar-refractivity contribution in [2.45, 2.75) is 45.7 Å². The number of carbonyl (C=O) groups is 1. The third-order valence-electron chi connectivity index (χ3n) is 2.64. The van der Waals surface area contributed by atoms with E-state index in [4.69, 9.17) is 5.73 Å². The van der Waals surface area contributed by atoms with E-state index in [1.54, 1.807) is 4.90 Å². The summed E-state index contributed by atoms with van der Waals surface area (Å²) in [6.45, 7) is 5.99. The van der Waals surface area contributed by atoms with E-state index in [1.807, 2.05) is 27.8 Å². The highest BCUT2D eigenvalue weighted by atomic mass is 16.2. The Balaban J connectivity index is 2.55. The minimum Gasteiger partial charge on any atom is -0.341 e. The Kier molecular flexibility index (Phi) is 2.66. The fourth-order valence-corrected chi connectivity index (χ4v) is 1.23. The van der Waals surface area contributed by atoms with Crippen LogP contribution in [0.2, 0.25) is 0 Å². The third kappa shape index (κ3) is 2.44. The van der Waals surface area contributed by atoms with Gasteiger partial charge in [0.2, 0.25) is 5.91 Å². The molecular formula is C10H20N2O. The quantitative estimate of drug-likeness (QED) is 0.695. The molecule has 1 fully saturated rings. The third-order valence-corrected chi connectivity index (χ3v) is 2.64. The highest BCUT2D eigenvalue weighted by Gasteiger charge is 2.36. The van der Waals surface area contributed by atoms with Gasteiger partial charge >= 0.3 is 0 Å². The average Bonchev–Trinajstić information content (AvgIpc) is 2.81. The summed E-state index contributed by atoms with van der Waals surface area (Å²) in [4.78, 5) is 13.6. The van der Waals surface area contributed by atoms with Gasteiger partial charge in [-0.05, 0) is 18.3 Å². The maximum atomic E-state index is 11.8. The molecule has 2 N–H and O–H groups in total. The van der Waals surface area contributed by atoms with Crippen LogP contribution < -0.4 is 5.73 Å². The Morgan fingerprint density at radius 1 is 1.46 bits per heavy atom. The van der Waals surface area contributed by atoms with Gasteiger partial charge in [0, 0.05) is 13.1 Å². The molecule has 0 aromatic rings. The molecule has 1 atom stereocenters. The summed E-state index contributed by atoms with van der Waals surface area (Å²) in [5.41, 5.74) is 5.73. The van der Waals surface area contributed by atoms with Crippen LogP contribution >= 0.6 is 0 Å². The molecule has 0 heterocycles. The van der Waals surface area contributed by atoms with Crippen molar-refractivity contribution in [2.24, 2.45) is 11.1 Å². The maximum absolute atomic E-state index is 11.8. The van der Waals surface area contributed by atoms with Crippen molar-refractivity contribution in [1.29, 1.82) is 0 Å². The first-order chi connectivity index (χ1) is 5.84. The molecule has 13 heavy (non-hydrogen) atoms. The molecule has 0 aromatic carbocycles. The van der Waals surface area contributed by atoms with E-state index in [2.05, 4.69) is 0 Å². The summed E-state index contributed by atoms with van der Waals surface area (Å²) in [6.07, 6.45) is 2.28. The van der Waals surface area contributed by atoms with Gasteiger partial charge in [0.1, 0.15) is 0 Å². The summed E-state index contributed by atoms with van der Waals surface area (Å²) in [5, 5.41) is 0. The van der Waals surface area contributed by atoms with Gasteiger partial charge in [-0.1, -0.05) is 20.8 Å². The van der Waals surface area contributed by atoms with Gasteiger partial charge in [0.05, 0.1) is 6.04 Å². The minimum absolute atomic E-state index is 0.0787. The second kappa shape index (κ2) is 3.29. The molecule has 1 aliphatic carbocycles. The molecule has 0 bridgehead atoms. The van der Waals surface area contributed by atoms with Crippen LogP contribution in [0.15, 0.2) is 0 Å². The van der Waals surface area contributed by atoms with E-state index >= 15 is 0 Å². The van der Waals surface area contributed by atoms with E-state index in [0.717, 1.165) is 12.8 Å². The van der Waals surface area contributed by atoms with Gasteiger partial charge in [-0.25, -0.2) is 0 Å². The fraction of sp³-hybridized carbons (Fsp3) is 0.900. The Morgan fingerprint density at radius 2 is 1.92 bits per heavy atom. The smallest absolute Gasteiger partial charge is 0.240 e. The molecule has 3 nitrogen and oxygen atoms in total. The van der Waals surface area contributed by atoms with Crippen molar-refractivity contribution in [1.82, 2.24) is 4.90 Å². The van der Waals surface area contributed by atoms with Crippen LogP contribution in [0, 0.1) is 5.41 Å². The van der Waals surface area contributed by atoms with Gasteiger partial charge < -0.3 is 10.6 Å². The fourth-order valence-electron chi connectivity index (χ4n) is 1.23. The molecule has 1 aliphatic rings. The van der Waals surface area contributed by atoms with Crippen LogP contribution in [-0.2, 0) is 4.79 Å². The second-order valence-corrected chi connectivity index (χ2v) is 5.02. The highest BCUT2D eigenvalue weighted by molar-refractivity contribution is 5.82. The molecule has 0 aliphatic heterocycles. The Hall–Kier alpha value is -0.570. The van der Waals surface area contributed by atoms with Crippen molar-refractivity contribution in [3.63, 3.8) is 0 Å². The number of likely N-dealkylation sites (N-methyl/N-ethyl adjacent to an activating group) is 1. The maximum Gasteiger partial charge on any atom is 0.240 e. The first-order valence-corrected chi connectivity index (χ1v) is 4.86. The van der Waals surface area contributed by atoms with E-state index in [9.17, 15) is 4.79 Å². The van der Waals surface area contributed by atoms with Crippen LogP contribution in [-0.4, -0.2) is 29.9 Å². The zero-order chi connectivity index (χ0) is 10.2. The van der Waals surface area contributed by atoms with E-state index < -0.39 is 0 Å². The zero-order valence-electron chi connectivity index (χ0n) is 9.00. The highest BCUT2D eigenvalue weighted by Crippen LogP contribution is 2.28. The molecule has 1 amide bonds. The molecule has 0 aromatic heterocycles. The van der Waals surface area contributed by atoms with Crippen LogP contribution in [0.1, 0.15) is 33.6 Å². The number of amides is 1.